The Kier molecular flexibility index (Phi) is 6.22. The topological polar surface area (TPSA) is 44.8 Å². The lowest BCUT2D eigenvalue weighted by Gasteiger charge is -2.50. The number of hydrogen-bond donors (Lipinski definition) is 1. The van der Waals surface area contributed by atoms with E-state index in [2.05, 4.69) is 15.1 Å². The summed E-state index contributed by atoms with van der Waals surface area (Å²) in [5, 5.41) is 3.66. The number of carbonyl (C=O) groups is 1. The lowest BCUT2D eigenvalue weighted by molar-refractivity contribution is -0.0178. The Morgan fingerprint density at radius 1 is 1.00 bits per heavy atom. The largest absolute Gasteiger partial charge is 0.489 e. The number of benzene rings is 1. The first-order valence-corrected chi connectivity index (χ1v) is 12.3. The summed E-state index contributed by atoms with van der Waals surface area (Å²) in [5.41, 5.74) is 0.622. The van der Waals surface area contributed by atoms with Gasteiger partial charge in [-0.1, -0.05) is 24.4 Å². The van der Waals surface area contributed by atoms with Crippen molar-refractivity contribution in [2.45, 2.75) is 69.6 Å². The number of fused-ring (bicyclic) bond motifs is 3. The van der Waals surface area contributed by atoms with Crippen LogP contribution in [0, 0.1) is 5.92 Å². The smallest absolute Gasteiger partial charge is 0.251 e. The van der Waals surface area contributed by atoms with Crippen molar-refractivity contribution in [1.29, 1.82) is 0 Å². The van der Waals surface area contributed by atoms with Gasteiger partial charge >= 0.3 is 0 Å². The minimum absolute atomic E-state index is 0.0267. The van der Waals surface area contributed by atoms with E-state index >= 15 is 0 Å². The number of carbonyl (C=O) groups excluding carboxylic acids is 1. The lowest BCUT2D eigenvalue weighted by atomic mass is 9.82. The highest BCUT2D eigenvalue weighted by atomic mass is 35.5. The molecule has 1 amide bonds. The van der Waals surface area contributed by atoms with Gasteiger partial charge in [0.15, 0.2) is 0 Å². The van der Waals surface area contributed by atoms with Gasteiger partial charge in [-0.3, -0.25) is 9.69 Å². The zero-order valence-corrected chi connectivity index (χ0v) is 18.6. The highest BCUT2D eigenvalue weighted by molar-refractivity contribution is 6.32. The maximum Gasteiger partial charge on any atom is 0.251 e. The predicted molar refractivity (Wildman–Crippen MR) is 119 cm³/mol. The maximum atomic E-state index is 12.5. The van der Waals surface area contributed by atoms with Crippen LogP contribution in [0.15, 0.2) is 18.2 Å². The Morgan fingerprint density at radius 2 is 1.73 bits per heavy atom. The molecule has 5 nitrogen and oxygen atoms in total. The molecule has 1 aromatic rings. The van der Waals surface area contributed by atoms with E-state index in [0.29, 0.717) is 22.4 Å². The van der Waals surface area contributed by atoms with E-state index in [1.54, 1.807) is 6.07 Å². The van der Waals surface area contributed by atoms with Crippen molar-refractivity contribution in [3.05, 3.63) is 28.8 Å². The van der Waals surface area contributed by atoms with E-state index < -0.39 is 0 Å². The SMILES string of the molecule is O=C(NC1CCCC1)c1ccc(OC2CCN([C@@H]3CN4CCC3CC4)CC2)c(Cl)c1. The molecule has 1 aromatic carbocycles. The van der Waals surface area contributed by atoms with Crippen molar-refractivity contribution in [2.75, 3.05) is 32.7 Å². The van der Waals surface area contributed by atoms with Crippen LogP contribution in [0.5, 0.6) is 5.75 Å². The van der Waals surface area contributed by atoms with E-state index in [0.717, 1.165) is 50.7 Å². The van der Waals surface area contributed by atoms with Gasteiger partial charge in [0.1, 0.15) is 11.9 Å². The molecular weight excluding hydrogens is 398 g/mol. The quantitative estimate of drug-likeness (QED) is 0.766. The molecule has 4 aliphatic heterocycles. The average Bonchev–Trinajstić information content (AvgIpc) is 3.29. The Labute approximate surface area is 185 Å². The molecule has 2 bridgehead atoms. The first-order chi connectivity index (χ1) is 14.7. The second-order valence-electron chi connectivity index (χ2n) is 9.66. The van der Waals surface area contributed by atoms with E-state index in [4.69, 9.17) is 16.3 Å². The molecule has 30 heavy (non-hydrogen) atoms. The normalized spacial score (nSPS) is 30.5. The molecule has 0 spiro atoms. The molecule has 164 valence electrons. The highest BCUT2D eigenvalue weighted by Gasteiger charge is 2.38. The van der Waals surface area contributed by atoms with Crippen molar-refractivity contribution in [1.82, 2.24) is 15.1 Å². The molecule has 1 saturated carbocycles. The van der Waals surface area contributed by atoms with Gasteiger partial charge in [-0.2, -0.15) is 0 Å². The number of piperidine rings is 4. The molecule has 0 radical (unpaired) electrons. The van der Waals surface area contributed by atoms with Gasteiger partial charge in [-0.15, -0.1) is 0 Å². The van der Waals surface area contributed by atoms with Crippen LogP contribution in [-0.4, -0.2) is 66.6 Å². The summed E-state index contributed by atoms with van der Waals surface area (Å²) in [6, 6.07) is 6.52. The molecule has 6 rings (SSSR count). The van der Waals surface area contributed by atoms with Crippen molar-refractivity contribution >= 4 is 17.5 Å². The molecule has 0 aromatic heterocycles. The van der Waals surface area contributed by atoms with Gasteiger partial charge in [0.05, 0.1) is 5.02 Å². The van der Waals surface area contributed by atoms with Crippen LogP contribution < -0.4 is 10.1 Å². The average molecular weight is 432 g/mol. The molecule has 4 saturated heterocycles. The zero-order chi connectivity index (χ0) is 20.5. The summed E-state index contributed by atoms with van der Waals surface area (Å²) in [4.78, 5) is 17.8. The third-order valence-electron chi connectivity index (χ3n) is 7.75. The molecular formula is C24H34ClN3O2. The van der Waals surface area contributed by atoms with Gasteiger partial charge in [0.2, 0.25) is 0 Å². The van der Waals surface area contributed by atoms with Gasteiger partial charge in [-0.05, 0) is 75.7 Å². The molecule has 1 atom stereocenters. The van der Waals surface area contributed by atoms with Gasteiger partial charge < -0.3 is 15.0 Å². The highest BCUT2D eigenvalue weighted by Crippen LogP contribution is 2.34. The van der Waals surface area contributed by atoms with Gasteiger partial charge in [-0.25, -0.2) is 0 Å². The summed E-state index contributed by atoms with van der Waals surface area (Å²) in [7, 11) is 0. The first kappa shape index (κ1) is 20.6. The second-order valence-corrected chi connectivity index (χ2v) is 10.1. The fourth-order valence-electron chi connectivity index (χ4n) is 5.93. The number of rotatable bonds is 5. The fourth-order valence-corrected chi connectivity index (χ4v) is 6.15. The zero-order valence-electron chi connectivity index (χ0n) is 17.8. The summed E-state index contributed by atoms with van der Waals surface area (Å²) in [5.74, 6) is 1.57. The number of nitrogens with one attached hydrogen (secondary N) is 1. The third kappa shape index (κ3) is 4.49. The second kappa shape index (κ2) is 9.05. The fraction of sp³-hybridized carbons (Fsp3) is 0.708. The van der Waals surface area contributed by atoms with Crippen LogP contribution in [0.25, 0.3) is 0 Å². The van der Waals surface area contributed by atoms with Crippen LogP contribution in [-0.2, 0) is 0 Å². The Bertz CT molecular complexity index is 751. The lowest BCUT2D eigenvalue weighted by Crippen LogP contribution is -2.59. The van der Waals surface area contributed by atoms with E-state index in [-0.39, 0.29) is 12.0 Å². The summed E-state index contributed by atoms with van der Waals surface area (Å²) < 4.78 is 6.25. The van der Waals surface area contributed by atoms with Gasteiger partial charge in [0.25, 0.3) is 5.91 Å². The van der Waals surface area contributed by atoms with Crippen LogP contribution in [0.2, 0.25) is 5.02 Å². The molecule has 1 N–H and O–H groups in total. The van der Waals surface area contributed by atoms with E-state index in [1.165, 1.54) is 45.3 Å². The summed E-state index contributed by atoms with van der Waals surface area (Å²) >= 11 is 6.48. The van der Waals surface area contributed by atoms with Crippen LogP contribution in [0.3, 0.4) is 0 Å². The monoisotopic (exact) mass is 431 g/mol. The van der Waals surface area contributed by atoms with Crippen molar-refractivity contribution in [3.63, 3.8) is 0 Å². The predicted octanol–water partition coefficient (Wildman–Crippen LogP) is 3.95. The van der Waals surface area contributed by atoms with E-state index in [1.807, 2.05) is 12.1 Å². The van der Waals surface area contributed by atoms with E-state index in [9.17, 15) is 4.79 Å². The standard InChI is InChI=1S/C24H34ClN3O2/c25-21-15-18(24(29)26-19-3-1-2-4-19)5-6-23(21)30-20-9-13-28(14-10-20)22-16-27-11-7-17(22)8-12-27/h5-6,15,17,19-20,22H,1-4,7-14,16H2,(H,26,29)/t22-/m1/s1. The van der Waals surface area contributed by atoms with Crippen LogP contribution >= 0.6 is 11.6 Å². The number of hydrogen-bond acceptors (Lipinski definition) is 4. The van der Waals surface area contributed by atoms with Crippen molar-refractivity contribution < 1.29 is 9.53 Å². The van der Waals surface area contributed by atoms with Crippen LogP contribution in [0.1, 0.15) is 61.7 Å². The number of halogens is 1. The van der Waals surface area contributed by atoms with Crippen molar-refractivity contribution in [2.24, 2.45) is 5.92 Å². The van der Waals surface area contributed by atoms with Crippen molar-refractivity contribution in [3.8, 4) is 5.75 Å². The number of ether oxygens (including phenoxy) is 1. The number of nitrogens with zero attached hydrogens (tertiary/aromatic N) is 2. The molecule has 0 unspecified atom stereocenters. The maximum absolute atomic E-state index is 12.5. The summed E-state index contributed by atoms with van der Waals surface area (Å²) in [6.45, 7) is 6.08. The Morgan fingerprint density at radius 3 is 2.37 bits per heavy atom. The van der Waals surface area contributed by atoms with Gasteiger partial charge in [0, 0.05) is 37.3 Å². The molecule has 4 heterocycles. The molecule has 6 heteroatoms. The Balaban J connectivity index is 1.13. The van der Waals surface area contributed by atoms with Crippen LogP contribution in [0.4, 0.5) is 0 Å². The number of likely N-dealkylation sites (tertiary alicyclic amines) is 1. The Hall–Kier alpha value is -1.30. The minimum atomic E-state index is -0.0267. The number of amides is 1. The minimum Gasteiger partial charge on any atom is -0.489 e. The molecule has 1 aliphatic carbocycles. The third-order valence-corrected chi connectivity index (χ3v) is 8.04. The molecule has 5 fully saturated rings. The first-order valence-electron chi connectivity index (χ1n) is 11.9. The molecule has 5 aliphatic rings. The summed E-state index contributed by atoms with van der Waals surface area (Å²) in [6.07, 6.45) is 9.62.